The Morgan fingerprint density at radius 3 is 2.16 bits per heavy atom. The SMILES string of the molecule is O=C(CCNC(=O)C12CC3CC(CC(C3)C1)C2)NCC(O)c1ccc(OC(F)F)cc1. The minimum Gasteiger partial charge on any atom is -0.435 e. The Kier molecular flexibility index (Phi) is 6.46. The van der Waals surface area contributed by atoms with Crippen LogP contribution in [-0.4, -0.2) is 36.6 Å². The maximum atomic E-state index is 12.9. The monoisotopic (exact) mass is 436 g/mol. The van der Waals surface area contributed by atoms with Gasteiger partial charge in [0.05, 0.1) is 6.10 Å². The minimum absolute atomic E-state index is 0.00317. The maximum Gasteiger partial charge on any atom is 0.387 e. The summed E-state index contributed by atoms with van der Waals surface area (Å²) in [5, 5.41) is 15.8. The van der Waals surface area contributed by atoms with Crippen LogP contribution >= 0.6 is 0 Å². The van der Waals surface area contributed by atoms with Crippen LogP contribution in [0.5, 0.6) is 5.75 Å². The van der Waals surface area contributed by atoms with Crippen LogP contribution in [0, 0.1) is 23.2 Å². The quantitative estimate of drug-likeness (QED) is 0.555. The van der Waals surface area contributed by atoms with Crippen LogP contribution in [0.25, 0.3) is 0 Å². The molecule has 1 unspecified atom stereocenters. The average molecular weight is 436 g/mol. The Bertz CT molecular complexity index is 764. The van der Waals surface area contributed by atoms with Gasteiger partial charge in [0.25, 0.3) is 0 Å². The lowest BCUT2D eigenvalue weighted by Gasteiger charge is -2.55. The van der Waals surface area contributed by atoms with Crippen LogP contribution < -0.4 is 15.4 Å². The third-order valence-corrected chi connectivity index (χ3v) is 7.14. The van der Waals surface area contributed by atoms with E-state index in [1.807, 2.05) is 0 Å². The molecule has 2 amide bonds. The third-order valence-electron chi connectivity index (χ3n) is 7.14. The number of amides is 2. The number of hydrogen-bond acceptors (Lipinski definition) is 4. The van der Waals surface area contributed by atoms with Gasteiger partial charge in [-0.25, -0.2) is 0 Å². The molecule has 0 spiro atoms. The fourth-order valence-electron chi connectivity index (χ4n) is 6.15. The predicted octanol–water partition coefficient (Wildman–Crippen LogP) is 3.16. The Morgan fingerprint density at radius 1 is 1.03 bits per heavy atom. The molecule has 4 fully saturated rings. The molecular weight excluding hydrogens is 406 g/mol. The highest BCUT2D eigenvalue weighted by atomic mass is 19.3. The number of halogens is 2. The van der Waals surface area contributed by atoms with Gasteiger partial charge >= 0.3 is 6.61 Å². The van der Waals surface area contributed by atoms with Crippen molar-refractivity contribution in [2.24, 2.45) is 23.2 Å². The molecule has 1 aromatic rings. The van der Waals surface area contributed by atoms with E-state index in [0.29, 0.717) is 23.3 Å². The van der Waals surface area contributed by atoms with E-state index in [1.165, 1.54) is 43.5 Å². The first-order valence-corrected chi connectivity index (χ1v) is 11.1. The zero-order valence-electron chi connectivity index (χ0n) is 17.5. The minimum atomic E-state index is -2.90. The molecule has 4 aliphatic carbocycles. The van der Waals surface area contributed by atoms with Crippen molar-refractivity contribution in [3.05, 3.63) is 29.8 Å². The lowest BCUT2D eigenvalue weighted by Crippen LogP contribution is -2.53. The smallest absolute Gasteiger partial charge is 0.387 e. The van der Waals surface area contributed by atoms with E-state index in [-0.39, 0.29) is 42.5 Å². The summed E-state index contributed by atoms with van der Waals surface area (Å²) < 4.78 is 28.6. The van der Waals surface area contributed by atoms with Gasteiger partial charge in [-0.1, -0.05) is 12.1 Å². The number of aliphatic hydroxyl groups excluding tert-OH is 1. The Morgan fingerprint density at radius 2 is 1.61 bits per heavy atom. The number of ether oxygens (including phenoxy) is 1. The second-order valence-electron chi connectivity index (χ2n) is 9.47. The van der Waals surface area contributed by atoms with E-state index in [9.17, 15) is 23.5 Å². The summed E-state index contributed by atoms with van der Waals surface area (Å²) in [4.78, 5) is 25.0. The molecule has 4 saturated carbocycles. The van der Waals surface area contributed by atoms with Crippen LogP contribution in [-0.2, 0) is 9.59 Å². The summed E-state index contributed by atoms with van der Waals surface area (Å²) in [6.45, 7) is -2.63. The Hall–Kier alpha value is -2.22. The molecule has 4 bridgehead atoms. The molecule has 1 atom stereocenters. The van der Waals surface area contributed by atoms with Gasteiger partial charge in [-0.3, -0.25) is 9.59 Å². The van der Waals surface area contributed by atoms with Gasteiger partial charge < -0.3 is 20.5 Å². The first kappa shape index (κ1) is 22.0. The molecule has 5 rings (SSSR count). The van der Waals surface area contributed by atoms with Gasteiger partial charge in [-0.15, -0.1) is 0 Å². The summed E-state index contributed by atoms with van der Waals surface area (Å²) in [6, 6.07) is 5.62. The number of benzene rings is 1. The van der Waals surface area contributed by atoms with Crippen molar-refractivity contribution in [3.8, 4) is 5.75 Å². The second kappa shape index (κ2) is 9.10. The Balaban J connectivity index is 1.17. The van der Waals surface area contributed by atoms with E-state index in [0.717, 1.165) is 19.3 Å². The van der Waals surface area contributed by atoms with Crippen LogP contribution in [0.15, 0.2) is 24.3 Å². The molecule has 31 heavy (non-hydrogen) atoms. The number of aliphatic hydroxyl groups is 1. The summed E-state index contributed by atoms with van der Waals surface area (Å²) in [5.74, 6) is 1.92. The van der Waals surface area contributed by atoms with E-state index in [2.05, 4.69) is 15.4 Å². The van der Waals surface area contributed by atoms with E-state index >= 15 is 0 Å². The van der Waals surface area contributed by atoms with Crippen LogP contribution in [0.3, 0.4) is 0 Å². The van der Waals surface area contributed by atoms with Crippen LogP contribution in [0.2, 0.25) is 0 Å². The number of carbonyl (C=O) groups is 2. The van der Waals surface area contributed by atoms with E-state index in [4.69, 9.17) is 0 Å². The van der Waals surface area contributed by atoms with Crippen molar-refractivity contribution in [1.82, 2.24) is 10.6 Å². The molecule has 0 saturated heterocycles. The predicted molar refractivity (Wildman–Crippen MR) is 109 cm³/mol. The molecule has 0 radical (unpaired) electrons. The highest BCUT2D eigenvalue weighted by molar-refractivity contribution is 5.84. The van der Waals surface area contributed by atoms with E-state index < -0.39 is 12.7 Å². The van der Waals surface area contributed by atoms with Gasteiger partial charge in [0, 0.05) is 24.9 Å². The molecule has 1 aromatic carbocycles. The normalized spacial score (nSPS) is 29.6. The molecule has 4 aliphatic rings. The van der Waals surface area contributed by atoms with Gasteiger partial charge in [-0.2, -0.15) is 8.78 Å². The van der Waals surface area contributed by atoms with Crippen molar-refractivity contribution in [1.29, 1.82) is 0 Å². The number of carbonyl (C=O) groups excluding carboxylic acids is 2. The summed E-state index contributed by atoms with van der Waals surface area (Å²) in [5.41, 5.74) is 0.263. The van der Waals surface area contributed by atoms with E-state index in [1.54, 1.807) is 0 Å². The van der Waals surface area contributed by atoms with Gasteiger partial charge in [0.15, 0.2) is 0 Å². The van der Waals surface area contributed by atoms with Crippen LogP contribution in [0.4, 0.5) is 8.78 Å². The highest BCUT2D eigenvalue weighted by Crippen LogP contribution is 2.60. The van der Waals surface area contributed by atoms with Gasteiger partial charge in [0.1, 0.15) is 5.75 Å². The summed E-state index contributed by atoms with van der Waals surface area (Å²) in [7, 11) is 0. The fourth-order valence-corrected chi connectivity index (χ4v) is 6.15. The zero-order chi connectivity index (χ0) is 22.0. The lowest BCUT2D eigenvalue weighted by molar-refractivity contribution is -0.146. The molecule has 0 aliphatic heterocycles. The summed E-state index contributed by atoms with van der Waals surface area (Å²) in [6.07, 6.45) is 5.98. The molecular formula is C23H30F2N2O4. The van der Waals surface area contributed by atoms with Crippen molar-refractivity contribution >= 4 is 11.8 Å². The second-order valence-corrected chi connectivity index (χ2v) is 9.47. The number of alkyl halides is 2. The summed E-state index contributed by atoms with van der Waals surface area (Å²) >= 11 is 0. The molecule has 170 valence electrons. The first-order chi connectivity index (χ1) is 14.8. The molecule has 0 heterocycles. The highest BCUT2D eigenvalue weighted by Gasteiger charge is 2.54. The zero-order valence-corrected chi connectivity index (χ0v) is 17.5. The number of hydrogen-bond donors (Lipinski definition) is 3. The molecule has 8 heteroatoms. The van der Waals surface area contributed by atoms with Crippen molar-refractivity contribution < 1.29 is 28.2 Å². The standard InChI is InChI=1S/C23H30F2N2O4/c24-22(25)31-18-3-1-17(2-4-18)19(28)13-27-20(29)5-6-26-21(30)23-10-14-7-15(11-23)9-16(8-14)12-23/h1-4,14-16,19,22,28H,5-13H2,(H,26,30)(H,27,29). The van der Waals surface area contributed by atoms with Crippen molar-refractivity contribution in [2.75, 3.05) is 13.1 Å². The first-order valence-electron chi connectivity index (χ1n) is 11.1. The Labute approximate surface area is 180 Å². The number of nitrogens with one attached hydrogen (secondary N) is 2. The largest absolute Gasteiger partial charge is 0.435 e. The number of rotatable bonds is 9. The topological polar surface area (TPSA) is 87.7 Å². The van der Waals surface area contributed by atoms with Crippen molar-refractivity contribution in [2.45, 2.75) is 57.7 Å². The third kappa shape index (κ3) is 5.17. The maximum absolute atomic E-state index is 12.9. The van der Waals surface area contributed by atoms with Crippen molar-refractivity contribution in [3.63, 3.8) is 0 Å². The average Bonchev–Trinajstić information content (AvgIpc) is 2.71. The molecule has 0 aromatic heterocycles. The lowest BCUT2D eigenvalue weighted by atomic mass is 9.49. The van der Waals surface area contributed by atoms with Crippen LogP contribution in [0.1, 0.15) is 56.6 Å². The molecule has 6 nitrogen and oxygen atoms in total. The van der Waals surface area contributed by atoms with Gasteiger partial charge in [-0.05, 0) is 74.0 Å². The van der Waals surface area contributed by atoms with Gasteiger partial charge in [0.2, 0.25) is 11.8 Å². The fraction of sp³-hybridized carbons (Fsp3) is 0.652. The molecule has 3 N–H and O–H groups in total.